The number of nitrogens with one attached hydrogen (secondary N) is 1. The molecule has 0 saturated heterocycles. The summed E-state index contributed by atoms with van der Waals surface area (Å²) < 4.78 is 0. The molecule has 1 aromatic rings. The van der Waals surface area contributed by atoms with Crippen molar-refractivity contribution < 1.29 is 0 Å². The molecule has 1 heterocycles. The molecule has 3 nitrogen and oxygen atoms in total. The van der Waals surface area contributed by atoms with E-state index in [1.165, 1.54) is 25.0 Å². The summed E-state index contributed by atoms with van der Waals surface area (Å²) in [6.07, 6.45) is 5.00. The summed E-state index contributed by atoms with van der Waals surface area (Å²) in [7, 11) is 0. The lowest BCUT2D eigenvalue weighted by Gasteiger charge is -2.18. The summed E-state index contributed by atoms with van der Waals surface area (Å²) >= 11 is 0. The molecule has 0 bridgehead atoms. The summed E-state index contributed by atoms with van der Waals surface area (Å²) in [5, 5.41) is 3.69. The minimum absolute atomic E-state index is 0.404. The minimum Gasteiger partial charge on any atom is -0.313 e. The molecule has 106 valence electrons. The van der Waals surface area contributed by atoms with Gasteiger partial charge in [-0.25, -0.2) is 9.97 Å². The topological polar surface area (TPSA) is 37.8 Å². The molecule has 2 rings (SSSR count). The average molecular weight is 261 g/mol. The maximum absolute atomic E-state index is 4.74. The fourth-order valence-corrected chi connectivity index (χ4v) is 2.48. The monoisotopic (exact) mass is 261 g/mol. The molecular weight excluding hydrogens is 234 g/mol. The lowest BCUT2D eigenvalue weighted by atomic mass is 10.1. The van der Waals surface area contributed by atoms with Crippen LogP contribution < -0.4 is 5.32 Å². The van der Waals surface area contributed by atoms with Gasteiger partial charge in [-0.05, 0) is 44.7 Å². The van der Waals surface area contributed by atoms with Gasteiger partial charge < -0.3 is 5.32 Å². The van der Waals surface area contributed by atoms with Crippen molar-refractivity contribution in [1.29, 1.82) is 0 Å². The van der Waals surface area contributed by atoms with Crippen LogP contribution in [0.3, 0.4) is 0 Å². The smallest absolute Gasteiger partial charge is 0.131 e. The maximum atomic E-state index is 4.74. The molecule has 0 spiro atoms. The quantitative estimate of drug-likeness (QED) is 0.819. The van der Waals surface area contributed by atoms with Crippen LogP contribution in [0.15, 0.2) is 6.07 Å². The first-order chi connectivity index (χ1) is 9.10. The van der Waals surface area contributed by atoms with Crippen molar-refractivity contribution in [1.82, 2.24) is 15.3 Å². The van der Waals surface area contributed by atoms with Gasteiger partial charge >= 0.3 is 0 Å². The summed E-state index contributed by atoms with van der Waals surface area (Å²) in [6, 6.07) is 2.75. The molecule has 1 saturated carbocycles. The summed E-state index contributed by atoms with van der Waals surface area (Å²) in [5.74, 6) is 2.26. The number of hydrogen-bond acceptors (Lipinski definition) is 3. The Morgan fingerprint density at radius 3 is 2.63 bits per heavy atom. The first-order valence-electron chi connectivity index (χ1n) is 7.68. The number of hydrogen-bond donors (Lipinski definition) is 1. The Balaban J connectivity index is 2.07. The van der Waals surface area contributed by atoms with Crippen LogP contribution in [0.1, 0.15) is 63.2 Å². The standard InChI is InChI=1S/C16H27N3/c1-5-8-17-15(13-6-7-13)10-14-9-12(4)18-16(19-14)11(2)3/h9,11,13,15,17H,5-8,10H2,1-4H3. The van der Waals surface area contributed by atoms with E-state index < -0.39 is 0 Å². The summed E-state index contributed by atoms with van der Waals surface area (Å²) in [6.45, 7) is 9.73. The van der Waals surface area contributed by atoms with Crippen molar-refractivity contribution in [3.8, 4) is 0 Å². The lowest BCUT2D eigenvalue weighted by Crippen LogP contribution is -2.34. The molecule has 3 heteroatoms. The molecule has 1 atom stereocenters. The van der Waals surface area contributed by atoms with Gasteiger partial charge in [0, 0.05) is 29.8 Å². The molecule has 0 aromatic carbocycles. The second kappa shape index (κ2) is 6.47. The van der Waals surface area contributed by atoms with Gasteiger partial charge in [0.1, 0.15) is 5.82 Å². The molecule has 1 aromatic heterocycles. The SMILES string of the molecule is CCCNC(Cc1cc(C)nc(C(C)C)n1)C1CC1. The van der Waals surface area contributed by atoms with Gasteiger partial charge in [0.25, 0.3) is 0 Å². The zero-order valence-electron chi connectivity index (χ0n) is 12.7. The van der Waals surface area contributed by atoms with Crippen molar-refractivity contribution in [2.45, 2.75) is 65.3 Å². The number of aromatic nitrogens is 2. The van der Waals surface area contributed by atoms with E-state index in [0.29, 0.717) is 12.0 Å². The number of rotatable bonds is 7. The van der Waals surface area contributed by atoms with E-state index in [9.17, 15) is 0 Å². The average Bonchev–Trinajstić information content (AvgIpc) is 3.17. The van der Waals surface area contributed by atoms with Crippen LogP contribution in [0.2, 0.25) is 0 Å². The Bertz CT molecular complexity index is 410. The Kier molecular flexibility index (Phi) is 4.92. The van der Waals surface area contributed by atoms with E-state index in [1.54, 1.807) is 0 Å². The van der Waals surface area contributed by atoms with Gasteiger partial charge in [0.05, 0.1) is 0 Å². The molecule has 1 aliphatic rings. The van der Waals surface area contributed by atoms with E-state index in [4.69, 9.17) is 4.98 Å². The van der Waals surface area contributed by atoms with E-state index >= 15 is 0 Å². The van der Waals surface area contributed by atoms with Crippen molar-refractivity contribution in [3.05, 3.63) is 23.3 Å². The van der Waals surface area contributed by atoms with Crippen LogP contribution in [0.5, 0.6) is 0 Å². The Labute approximate surface area is 117 Å². The van der Waals surface area contributed by atoms with Crippen molar-refractivity contribution in [3.63, 3.8) is 0 Å². The van der Waals surface area contributed by atoms with Crippen molar-refractivity contribution >= 4 is 0 Å². The predicted octanol–water partition coefficient (Wildman–Crippen LogP) is 3.23. The van der Waals surface area contributed by atoms with Crippen LogP contribution in [0.25, 0.3) is 0 Å². The van der Waals surface area contributed by atoms with Crippen LogP contribution in [-0.2, 0) is 6.42 Å². The van der Waals surface area contributed by atoms with Crippen LogP contribution >= 0.6 is 0 Å². The highest BCUT2D eigenvalue weighted by atomic mass is 14.9. The summed E-state index contributed by atoms with van der Waals surface area (Å²) in [5.41, 5.74) is 2.30. The third-order valence-electron chi connectivity index (χ3n) is 3.72. The summed E-state index contributed by atoms with van der Waals surface area (Å²) in [4.78, 5) is 9.27. The predicted molar refractivity (Wildman–Crippen MR) is 79.4 cm³/mol. The van der Waals surface area contributed by atoms with Crippen molar-refractivity contribution in [2.24, 2.45) is 5.92 Å². The highest BCUT2D eigenvalue weighted by Crippen LogP contribution is 2.34. The molecular formula is C16H27N3. The molecule has 19 heavy (non-hydrogen) atoms. The van der Waals surface area contributed by atoms with Gasteiger partial charge in [0.15, 0.2) is 0 Å². The molecule has 1 aliphatic carbocycles. The molecule has 1 N–H and O–H groups in total. The fraction of sp³-hybridized carbons (Fsp3) is 0.750. The van der Waals surface area contributed by atoms with Gasteiger partial charge in [-0.15, -0.1) is 0 Å². The second-order valence-corrected chi connectivity index (χ2v) is 6.12. The Hall–Kier alpha value is -0.960. The van der Waals surface area contributed by atoms with Gasteiger partial charge in [-0.1, -0.05) is 20.8 Å². The fourth-order valence-electron chi connectivity index (χ4n) is 2.48. The Morgan fingerprint density at radius 1 is 1.32 bits per heavy atom. The van der Waals surface area contributed by atoms with E-state index in [2.05, 4.69) is 44.1 Å². The normalized spacial score (nSPS) is 16.9. The van der Waals surface area contributed by atoms with E-state index in [-0.39, 0.29) is 0 Å². The maximum Gasteiger partial charge on any atom is 0.131 e. The first kappa shape index (κ1) is 14.4. The van der Waals surface area contributed by atoms with E-state index in [0.717, 1.165) is 30.4 Å². The highest BCUT2D eigenvalue weighted by molar-refractivity contribution is 5.13. The van der Waals surface area contributed by atoms with Gasteiger partial charge in [0.2, 0.25) is 0 Å². The largest absolute Gasteiger partial charge is 0.313 e. The van der Waals surface area contributed by atoms with E-state index in [1.807, 2.05) is 0 Å². The molecule has 0 radical (unpaired) electrons. The Morgan fingerprint density at radius 2 is 2.05 bits per heavy atom. The minimum atomic E-state index is 0.404. The molecule has 0 aliphatic heterocycles. The van der Waals surface area contributed by atoms with Gasteiger partial charge in [-0.2, -0.15) is 0 Å². The van der Waals surface area contributed by atoms with Crippen LogP contribution in [0, 0.1) is 12.8 Å². The molecule has 0 amide bonds. The lowest BCUT2D eigenvalue weighted by molar-refractivity contribution is 0.455. The molecule has 1 unspecified atom stereocenters. The molecule has 1 fully saturated rings. The third-order valence-corrected chi connectivity index (χ3v) is 3.72. The van der Waals surface area contributed by atoms with Crippen LogP contribution in [0.4, 0.5) is 0 Å². The zero-order valence-corrected chi connectivity index (χ0v) is 12.7. The van der Waals surface area contributed by atoms with Crippen LogP contribution in [-0.4, -0.2) is 22.6 Å². The second-order valence-electron chi connectivity index (χ2n) is 6.12. The first-order valence-corrected chi connectivity index (χ1v) is 7.68. The number of aryl methyl sites for hydroxylation is 1. The highest BCUT2D eigenvalue weighted by Gasteiger charge is 2.31. The zero-order chi connectivity index (χ0) is 13.8. The third kappa shape index (κ3) is 4.27. The number of nitrogens with zero attached hydrogens (tertiary/aromatic N) is 2. The van der Waals surface area contributed by atoms with Gasteiger partial charge in [-0.3, -0.25) is 0 Å². The van der Waals surface area contributed by atoms with Crippen molar-refractivity contribution in [2.75, 3.05) is 6.54 Å².